The zero-order valence-electron chi connectivity index (χ0n) is 11.8. The first-order valence-electron chi connectivity index (χ1n) is 7.15. The van der Waals surface area contributed by atoms with E-state index < -0.39 is 6.55 Å². The highest BCUT2D eigenvalue weighted by Crippen LogP contribution is 2.36. The van der Waals surface area contributed by atoms with E-state index in [4.69, 9.17) is 11.6 Å². The summed E-state index contributed by atoms with van der Waals surface area (Å²) in [4.78, 5) is 21.1. The van der Waals surface area contributed by atoms with Crippen LogP contribution in [0.1, 0.15) is 35.7 Å². The maximum absolute atomic E-state index is 12.8. The van der Waals surface area contributed by atoms with Crippen molar-refractivity contribution in [2.75, 3.05) is 0 Å². The van der Waals surface area contributed by atoms with E-state index in [1.807, 2.05) is 6.07 Å². The molecule has 0 radical (unpaired) electrons. The van der Waals surface area contributed by atoms with Gasteiger partial charge in [0.2, 0.25) is 0 Å². The maximum atomic E-state index is 12.8. The lowest BCUT2D eigenvalue weighted by atomic mass is 9.83. The van der Waals surface area contributed by atoms with Crippen LogP contribution >= 0.6 is 11.6 Å². The molecule has 2 N–H and O–H groups in total. The van der Waals surface area contributed by atoms with Gasteiger partial charge in [-0.2, -0.15) is 18.6 Å². The predicted octanol–water partition coefficient (Wildman–Crippen LogP) is 2.77. The fraction of sp³-hybridized carbons (Fsp3) is 0.357. The molecule has 1 aliphatic carbocycles. The predicted molar refractivity (Wildman–Crippen MR) is 80.0 cm³/mol. The summed E-state index contributed by atoms with van der Waals surface area (Å²) in [6.45, 7) is -2.75. The molecule has 0 saturated carbocycles. The number of imidazole rings is 1. The molecule has 0 aliphatic heterocycles. The van der Waals surface area contributed by atoms with Gasteiger partial charge in [0.15, 0.2) is 5.65 Å². The first kappa shape index (κ1) is 14.4. The molecule has 1 atom stereocenters. The second kappa shape index (κ2) is 5.16. The quantitative estimate of drug-likeness (QED) is 0.753. The number of aromatic nitrogens is 5. The molecule has 1 unspecified atom stereocenters. The van der Waals surface area contributed by atoms with E-state index in [2.05, 4.69) is 20.1 Å². The summed E-state index contributed by atoms with van der Waals surface area (Å²) in [5.41, 5.74) is 3.42. The molecule has 0 bridgehead atoms. The average molecular weight is 340 g/mol. The summed E-state index contributed by atoms with van der Waals surface area (Å²) < 4.78 is 26.1. The van der Waals surface area contributed by atoms with E-state index in [9.17, 15) is 13.6 Å². The van der Waals surface area contributed by atoms with Gasteiger partial charge in [0.1, 0.15) is 5.15 Å². The lowest BCUT2D eigenvalue weighted by Gasteiger charge is -2.23. The van der Waals surface area contributed by atoms with Gasteiger partial charge in [-0.25, -0.2) is 9.78 Å². The summed E-state index contributed by atoms with van der Waals surface area (Å²) >= 11 is 6.03. The second-order valence-corrected chi connectivity index (χ2v) is 5.98. The van der Waals surface area contributed by atoms with Crippen molar-refractivity contribution >= 4 is 22.8 Å². The number of fused-ring (bicyclic) bond motifs is 2. The van der Waals surface area contributed by atoms with Gasteiger partial charge in [0, 0.05) is 11.3 Å². The average Bonchev–Trinajstić information content (AvgIpc) is 3.05. The van der Waals surface area contributed by atoms with Gasteiger partial charge < -0.3 is 4.98 Å². The zero-order chi connectivity index (χ0) is 16.1. The van der Waals surface area contributed by atoms with E-state index in [0.29, 0.717) is 34.3 Å². The first-order chi connectivity index (χ1) is 11.0. The molecule has 0 fully saturated rings. The van der Waals surface area contributed by atoms with Gasteiger partial charge in [-0.05, 0) is 36.8 Å². The molecule has 0 spiro atoms. The van der Waals surface area contributed by atoms with Gasteiger partial charge in [-0.1, -0.05) is 11.6 Å². The fourth-order valence-corrected chi connectivity index (χ4v) is 3.47. The Hall–Kier alpha value is -2.22. The largest absolute Gasteiger partial charge is 0.334 e. The van der Waals surface area contributed by atoms with Crippen molar-refractivity contribution in [1.82, 2.24) is 24.7 Å². The van der Waals surface area contributed by atoms with E-state index in [1.165, 1.54) is 6.20 Å². The van der Waals surface area contributed by atoms with Crippen LogP contribution < -0.4 is 5.69 Å². The van der Waals surface area contributed by atoms with Crippen LogP contribution in [0.4, 0.5) is 8.78 Å². The van der Waals surface area contributed by atoms with Crippen LogP contribution in [-0.4, -0.2) is 24.7 Å². The number of rotatable bonds is 2. The molecule has 0 amide bonds. The van der Waals surface area contributed by atoms with Gasteiger partial charge >= 0.3 is 12.2 Å². The van der Waals surface area contributed by atoms with Crippen LogP contribution in [0.5, 0.6) is 0 Å². The number of hydrogen-bond donors (Lipinski definition) is 2. The van der Waals surface area contributed by atoms with Gasteiger partial charge in [-0.3, -0.25) is 4.98 Å². The van der Waals surface area contributed by atoms with Crippen LogP contribution in [0.15, 0.2) is 17.1 Å². The molecule has 0 saturated heterocycles. The number of halogens is 3. The Morgan fingerprint density at radius 1 is 1.39 bits per heavy atom. The first-order valence-corrected chi connectivity index (χ1v) is 7.52. The van der Waals surface area contributed by atoms with Gasteiger partial charge in [0.05, 0.1) is 11.7 Å². The summed E-state index contributed by atoms with van der Waals surface area (Å²) in [6, 6.07) is 1.88. The Balaban J connectivity index is 1.70. The van der Waals surface area contributed by atoms with Crippen molar-refractivity contribution in [3.05, 3.63) is 44.7 Å². The second-order valence-electron chi connectivity index (χ2n) is 5.62. The van der Waals surface area contributed by atoms with E-state index >= 15 is 0 Å². The maximum Gasteiger partial charge on any atom is 0.334 e. The highest BCUT2D eigenvalue weighted by atomic mass is 35.5. The van der Waals surface area contributed by atoms with Crippen LogP contribution in [0.25, 0.3) is 11.2 Å². The van der Waals surface area contributed by atoms with Gasteiger partial charge in [-0.15, -0.1) is 0 Å². The molecule has 9 heteroatoms. The van der Waals surface area contributed by atoms with Crippen LogP contribution in [-0.2, 0) is 12.8 Å². The smallest absolute Gasteiger partial charge is 0.304 e. The Morgan fingerprint density at radius 3 is 2.96 bits per heavy atom. The number of pyridine rings is 1. The summed E-state index contributed by atoms with van der Waals surface area (Å²) in [6.07, 6.45) is 3.47. The Labute approximate surface area is 133 Å². The monoisotopic (exact) mass is 339 g/mol. The lowest BCUT2D eigenvalue weighted by Crippen LogP contribution is -2.14. The summed E-state index contributed by atoms with van der Waals surface area (Å²) in [5, 5.41) is 3.65. The number of aromatic amines is 2. The van der Waals surface area contributed by atoms with Crippen molar-refractivity contribution in [3.8, 4) is 0 Å². The topological polar surface area (TPSA) is 79.4 Å². The third-order valence-corrected chi connectivity index (χ3v) is 4.64. The van der Waals surface area contributed by atoms with E-state index in [0.717, 1.165) is 17.7 Å². The van der Waals surface area contributed by atoms with Crippen LogP contribution in [0.3, 0.4) is 0 Å². The molecule has 6 nitrogen and oxygen atoms in total. The Bertz CT molecular complexity index is 944. The van der Waals surface area contributed by atoms with Crippen LogP contribution in [0, 0.1) is 0 Å². The SMILES string of the molecule is O=c1[nH]c2cc3c(nc2[nH]1)CCC(c1cnn(C(F)F)c1Cl)C3. The van der Waals surface area contributed by atoms with Crippen molar-refractivity contribution < 1.29 is 8.78 Å². The third kappa shape index (κ3) is 2.33. The number of aryl methyl sites for hydroxylation is 1. The number of nitrogens with one attached hydrogen (secondary N) is 2. The normalized spacial score (nSPS) is 17.8. The zero-order valence-corrected chi connectivity index (χ0v) is 12.6. The fourth-order valence-electron chi connectivity index (χ4n) is 3.15. The van der Waals surface area contributed by atoms with Crippen molar-refractivity contribution in [3.63, 3.8) is 0 Å². The molecular weight excluding hydrogens is 328 g/mol. The molecule has 4 rings (SSSR count). The lowest BCUT2D eigenvalue weighted by molar-refractivity contribution is 0.0568. The molecule has 3 aromatic heterocycles. The van der Waals surface area contributed by atoms with Crippen molar-refractivity contribution in [1.29, 1.82) is 0 Å². The molecule has 3 heterocycles. The molecular formula is C14H12ClF2N5O. The molecule has 1 aliphatic rings. The molecule has 3 aromatic rings. The number of H-pyrrole nitrogens is 2. The van der Waals surface area contributed by atoms with Crippen LogP contribution in [0.2, 0.25) is 5.15 Å². The Kier molecular flexibility index (Phi) is 3.22. The highest BCUT2D eigenvalue weighted by Gasteiger charge is 2.27. The molecule has 0 aromatic carbocycles. The van der Waals surface area contributed by atoms with E-state index in [-0.39, 0.29) is 16.8 Å². The minimum atomic E-state index is -2.75. The molecule has 23 heavy (non-hydrogen) atoms. The summed E-state index contributed by atoms with van der Waals surface area (Å²) in [5.74, 6) is 0.00686. The minimum Gasteiger partial charge on any atom is -0.304 e. The number of nitrogens with zero attached hydrogens (tertiary/aromatic N) is 3. The molecule has 120 valence electrons. The van der Waals surface area contributed by atoms with E-state index in [1.54, 1.807) is 0 Å². The highest BCUT2D eigenvalue weighted by molar-refractivity contribution is 6.30. The number of alkyl halides is 2. The summed E-state index contributed by atoms with van der Waals surface area (Å²) in [7, 11) is 0. The minimum absolute atomic E-state index is 0.00686. The van der Waals surface area contributed by atoms with Crippen molar-refractivity contribution in [2.24, 2.45) is 0 Å². The Morgan fingerprint density at radius 2 is 2.22 bits per heavy atom. The van der Waals surface area contributed by atoms with Crippen molar-refractivity contribution in [2.45, 2.75) is 31.7 Å². The standard InChI is InChI=1S/C14H12ClF2N5O/c15-11-8(5-18-22(11)13(16)17)6-1-2-9-7(3-6)4-10-12(19-9)21-14(23)20-10/h4-6,13H,1-3H2,(H2,19,20,21,23). The third-order valence-electron chi connectivity index (χ3n) is 4.25. The van der Waals surface area contributed by atoms with Gasteiger partial charge in [0.25, 0.3) is 0 Å². The number of hydrogen-bond acceptors (Lipinski definition) is 3.